The zero-order chi connectivity index (χ0) is 23.5. The highest BCUT2D eigenvalue weighted by atomic mass is 35.5. The van der Waals surface area contributed by atoms with Crippen LogP contribution >= 0.6 is 11.6 Å². The van der Waals surface area contributed by atoms with Gasteiger partial charge in [0.2, 0.25) is 5.91 Å². The van der Waals surface area contributed by atoms with Crippen molar-refractivity contribution in [1.29, 1.82) is 5.26 Å². The zero-order valence-corrected chi connectivity index (χ0v) is 19.1. The fraction of sp³-hybridized carbons (Fsp3) is 0.417. The molecular weight excluding hydrogens is 442 g/mol. The molecule has 2 aliphatic heterocycles. The van der Waals surface area contributed by atoms with Gasteiger partial charge in [-0.1, -0.05) is 29.8 Å². The van der Waals surface area contributed by atoms with Crippen LogP contribution < -0.4 is 4.90 Å². The molecular formula is C24H26ClN5O3. The van der Waals surface area contributed by atoms with E-state index in [0.717, 1.165) is 11.4 Å². The fourth-order valence-corrected chi connectivity index (χ4v) is 5.03. The molecule has 0 aliphatic carbocycles. The van der Waals surface area contributed by atoms with E-state index in [1.54, 1.807) is 23.2 Å². The number of rotatable bonds is 4. The average molecular weight is 468 g/mol. The molecule has 1 aromatic heterocycles. The molecule has 172 valence electrons. The summed E-state index contributed by atoms with van der Waals surface area (Å²) < 4.78 is 0. The molecule has 2 amide bonds. The van der Waals surface area contributed by atoms with Gasteiger partial charge in [0, 0.05) is 50.4 Å². The van der Waals surface area contributed by atoms with Gasteiger partial charge in [0.05, 0.1) is 23.9 Å². The van der Waals surface area contributed by atoms with Gasteiger partial charge in [-0.05, 0) is 36.2 Å². The van der Waals surface area contributed by atoms with Crippen molar-refractivity contribution in [3.8, 4) is 6.07 Å². The number of piperidine rings is 1. The Morgan fingerprint density at radius 2 is 1.94 bits per heavy atom. The second-order valence-corrected chi connectivity index (χ2v) is 9.06. The van der Waals surface area contributed by atoms with E-state index in [-0.39, 0.29) is 17.9 Å². The minimum atomic E-state index is -1.04. The lowest BCUT2D eigenvalue weighted by Gasteiger charge is -2.37. The van der Waals surface area contributed by atoms with E-state index < -0.39 is 17.9 Å². The molecule has 0 spiro atoms. The van der Waals surface area contributed by atoms with Crippen LogP contribution in [0.4, 0.5) is 10.6 Å². The lowest BCUT2D eigenvalue weighted by Crippen LogP contribution is -2.48. The lowest BCUT2D eigenvalue weighted by molar-refractivity contribution is -0.136. The Hall–Kier alpha value is -3.31. The van der Waals surface area contributed by atoms with Gasteiger partial charge in [-0.3, -0.25) is 4.79 Å². The van der Waals surface area contributed by atoms with Gasteiger partial charge in [0.15, 0.2) is 0 Å². The molecule has 1 N–H and O–H groups in total. The quantitative estimate of drug-likeness (QED) is 0.740. The number of carboxylic acid groups (broad SMARTS) is 1. The number of hydrogen-bond acceptors (Lipinski definition) is 5. The molecule has 3 heterocycles. The third kappa shape index (κ3) is 4.74. The molecule has 2 aromatic rings. The SMILES string of the molecule is CN(C(=O)O)[C@@H]1CN(C(=O)C2CCN(c3ccccn3)CC2C#N)C[C@H]1c1ccc(Cl)cc1. The molecule has 2 unspecified atom stereocenters. The van der Waals surface area contributed by atoms with Crippen LogP contribution in [0.5, 0.6) is 0 Å². The Kier molecular flexibility index (Phi) is 6.70. The van der Waals surface area contributed by atoms with Gasteiger partial charge in [-0.2, -0.15) is 5.26 Å². The number of carbonyl (C=O) groups is 2. The molecule has 2 aliphatic rings. The van der Waals surface area contributed by atoms with Crippen molar-refractivity contribution >= 4 is 29.4 Å². The first-order valence-corrected chi connectivity index (χ1v) is 11.3. The van der Waals surface area contributed by atoms with Gasteiger partial charge in [-0.15, -0.1) is 0 Å². The van der Waals surface area contributed by atoms with Gasteiger partial charge in [0.1, 0.15) is 5.82 Å². The summed E-state index contributed by atoms with van der Waals surface area (Å²) in [5, 5.41) is 20.0. The van der Waals surface area contributed by atoms with Crippen LogP contribution in [0.2, 0.25) is 5.02 Å². The monoisotopic (exact) mass is 467 g/mol. The van der Waals surface area contributed by atoms with Crippen molar-refractivity contribution in [2.75, 3.05) is 38.1 Å². The summed E-state index contributed by atoms with van der Waals surface area (Å²) in [4.78, 5) is 34.7. The molecule has 0 radical (unpaired) electrons. The van der Waals surface area contributed by atoms with Gasteiger partial charge < -0.3 is 19.8 Å². The highest BCUT2D eigenvalue weighted by Gasteiger charge is 2.44. The summed E-state index contributed by atoms with van der Waals surface area (Å²) in [5.74, 6) is -0.326. The predicted molar refractivity (Wildman–Crippen MR) is 124 cm³/mol. The third-order valence-electron chi connectivity index (χ3n) is 6.77. The summed E-state index contributed by atoms with van der Waals surface area (Å²) in [7, 11) is 1.54. The first-order chi connectivity index (χ1) is 15.9. The van der Waals surface area contributed by atoms with Crippen molar-refractivity contribution in [2.45, 2.75) is 18.4 Å². The van der Waals surface area contributed by atoms with E-state index >= 15 is 0 Å². The number of pyridine rings is 1. The lowest BCUT2D eigenvalue weighted by atomic mass is 9.85. The minimum absolute atomic E-state index is 0.0810. The van der Waals surface area contributed by atoms with E-state index in [2.05, 4.69) is 11.1 Å². The summed E-state index contributed by atoms with van der Waals surface area (Å²) >= 11 is 6.03. The Bertz CT molecular complexity index is 1040. The maximum atomic E-state index is 13.5. The highest BCUT2D eigenvalue weighted by molar-refractivity contribution is 6.30. The molecule has 0 saturated carbocycles. The summed E-state index contributed by atoms with van der Waals surface area (Å²) in [6.45, 7) is 1.78. The Morgan fingerprint density at radius 3 is 2.58 bits per heavy atom. The van der Waals surface area contributed by atoms with Crippen LogP contribution in [0.1, 0.15) is 17.9 Å². The van der Waals surface area contributed by atoms with Gasteiger partial charge in [0.25, 0.3) is 0 Å². The number of aromatic nitrogens is 1. The van der Waals surface area contributed by atoms with Gasteiger partial charge in [-0.25, -0.2) is 9.78 Å². The largest absolute Gasteiger partial charge is 0.465 e. The van der Waals surface area contributed by atoms with Crippen LogP contribution in [-0.2, 0) is 4.79 Å². The number of halogens is 1. The van der Waals surface area contributed by atoms with Crippen LogP contribution in [0, 0.1) is 23.2 Å². The van der Waals surface area contributed by atoms with E-state index in [4.69, 9.17) is 11.6 Å². The number of likely N-dealkylation sites (N-methyl/N-ethyl adjacent to an activating group) is 1. The highest BCUT2D eigenvalue weighted by Crippen LogP contribution is 2.35. The number of nitriles is 1. The van der Waals surface area contributed by atoms with E-state index in [1.807, 2.05) is 35.2 Å². The van der Waals surface area contributed by atoms with E-state index in [9.17, 15) is 20.0 Å². The topological polar surface area (TPSA) is 101 Å². The van der Waals surface area contributed by atoms with E-state index in [0.29, 0.717) is 37.6 Å². The molecule has 4 rings (SSSR count). The second kappa shape index (κ2) is 9.67. The zero-order valence-electron chi connectivity index (χ0n) is 18.3. The van der Waals surface area contributed by atoms with Crippen molar-refractivity contribution in [3.63, 3.8) is 0 Å². The second-order valence-electron chi connectivity index (χ2n) is 8.63. The fourth-order valence-electron chi connectivity index (χ4n) is 4.90. The Labute approximate surface area is 198 Å². The molecule has 2 fully saturated rings. The molecule has 0 bridgehead atoms. The van der Waals surface area contributed by atoms with E-state index in [1.165, 1.54) is 11.9 Å². The maximum Gasteiger partial charge on any atom is 0.407 e. The number of likely N-dealkylation sites (tertiary alicyclic amines) is 1. The maximum absolute atomic E-state index is 13.5. The minimum Gasteiger partial charge on any atom is -0.465 e. The van der Waals surface area contributed by atoms with Crippen LogP contribution in [0.25, 0.3) is 0 Å². The first kappa shape index (κ1) is 22.9. The normalized spacial score (nSPS) is 24.9. The molecule has 4 atom stereocenters. The molecule has 2 saturated heterocycles. The predicted octanol–water partition coefficient (Wildman–Crippen LogP) is 3.31. The summed E-state index contributed by atoms with van der Waals surface area (Å²) in [5.41, 5.74) is 0.939. The molecule has 8 nitrogen and oxygen atoms in total. The van der Waals surface area contributed by atoms with Crippen molar-refractivity contribution in [3.05, 3.63) is 59.2 Å². The summed E-state index contributed by atoms with van der Waals surface area (Å²) in [6.07, 6.45) is 1.23. The average Bonchev–Trinajstić information content (AvgIpc) is 3.29. The van der Waals surface area contributed by atoms with Gasteiger partial charge >= 0.3 is 6.09 Å². The standard InChI is InChI=1S/C24H26ClN5O3/c1-28(24(32)33)21-15-30(14-20(21)16-5-7-18(25)8-6-16)23(31)19-9-11-29(13-17(19)12-26)22-4-2-3-10-27-22/h2-8,10,17,19-21H,9,11,13-15H2,1H3,(H,32,33)/t17?,19?,20-,21+/m0/s1. The number of anilines is 1. The Morgan fingerprint density at radius 1 is 1.18 bits per heavy atom. The Balaban J connectivity index is 1.52. The smallest absolute Gasteiger partial charge is 0.407 e. The van der Waals surface area contributed by atoms with Crippen molar-refractivity contribution in [1.82, 2.24) is 14.8 Å². The number of hydrogen-bond donors (Lipinski definition) is 1. The first-order valence-electron chi connectivity index (χ1n) is 10.9. The van der Waals surface area contributed by atoms with Crippen LogP contribution in [-0.4, -0.2) is 71.2 Å². The number of benzene rings is 1. The van der Waals surface area contributed by atoms with Crippen LogP contribution in [0.15, 0.2) is 48.7 Å². The van der Waals surface area contributed by atoms with Crippen LogP contribution in [0.3, 0.4) is 0 Å². The molecule has 1 aromatic carbocycles. The summed E-state index contributed by atoms with van der Waals surface area (Å²) in [6, 6.07) is 14.9. The molecule has 9 heteroatoms. The molecule has 33 heavy (non-hydrogen) atoms. The third-order valence-corrected chi connectivity index (χ3v) is 7.02. The number of carbonyl (C=O) groups excluding carboxylic acids is 1. The number of amides is 2. The number of nitrogens with zero attached hydrogens (tertiary/aromatic N) is 5. The van der Waals surface area contributed by atoms with Crippen molar-refractivity contribution in [2.24, 2.45) is 11.8 Å². The van der Waals surface area contributed by atoms with Crippen molar-refractivity contribution < 1.29 is 14.7 Å².